The molecule has 7 heteroatoms. The van der Waals surface area contributed by atoms with E-state index < -0.39 is 24.1 Å². The van der Waals surface area contributed by atoms with Gasteiger partial charge in [0.1, 0.15) is 6.10 Å². The number of carbonyl (C=O) groups excluding carboxylic acids is 2. The van der Waals surface area contributed by atoms with Crippen LogP contribution in [0.1, 0.15) is 27.7 Å². The number of azide groups is 1. The second-order valence-electron chi connectivity index (χ2n) is 3.72. The van der Waals surface area contributed by atoms with E-state index in [0.717, 1.165) is 0 Å². The molecule has 0 amide bonds. The molecule has 2 atom stereocenters. The van der Waals surface area contributed by atoms with E-state index in [2.05, 4.69) is 10.0 Å². The van der Waals surface area contributed by atoms with E-state index in [1.165, 1.54) is 6.92 Å². The topological polar surface area (TPSA) is 101 Å². The van der Waals surface area contributed by atoms with Crippen LogP contribution in [0.2, 0.25) is 0 Å². The van der Waals surface area contributed by atoms with E-state index in [1.54, 1.807) is 20.8 Å². The van der Waals surface area contributed by atoms with Gasteiger partial charge in [-0.15, -0.1) is 0 Å². The number of hydrogen-bond donors (Lipinski definition) is 0. The summed E-state index contributed by atoms with van der Waals surface area (Å²) in [6.07, 6.45) is -0.817. The van der Waals surface area contributed by atoms with Crippen LogP contribution in [0.3, 0.4) is 0 Å². The van der Waals surface area contributed by atoms with E-state index in [-0.39, 0.29) is 12.5 Å². The molecule has 0 aliphatic carbocycles. The molecule has 0 fully saturated rings. The fourth-order valence-electron chi connectivity index (χ4n) is 1.29. The van der Waals surface area contributed by atoms with Gasteiger partial charge in [0.15, 0.2) is 6.04 Å². The molecule has 0 saturated heterocycles. The van der Waals surface area contributed by atoms with Crippen molar-refractivity contribution in [2.75, 3.05) is 6.61 Å². The molecular formula is C10H17N3O4. The van der Waals surface area contributed by atoms with Crippen LogP contribution in [0, 0.1) is 5.92 Å². The Balaban J connectivity index is 5.01. The summed E-state index contributed by atoms with van der Waals surface area (Å²) in [6.45, 7) is 6.55. The lowest BCUT2D eigenvalue weighted by Crippen LogP contribution is -2.40. The van der Waals surface area contributed by atoms with E-state index in [0.29, 0.717) is 0 Å². The highest BCUT2D eigenvalue weighted by atomic mass is 16.6. The number of ether oxygens (including phenoxy) is 2. The quantitative estimate of drug-likeness (QED) is 0.307. The van der Waals surface area contributed by atoms with Crippen LogP contribution in [0.5, 0.6) is 0 Å². The summed E-state index contributed by atoms with van der Waals surface area (Å²) in [5.74, 6) is -1.39. The Bertz CT molecular complexity index is 324. The van der Waals surface area contributed by atoms with Crippen molar-refractivity contribution in [1.82, 2.24) is 0 Å². The van der Waals surface area contributed by atoms with Crippen LogP contribution in [0.15, 0.2) is 5.11 Å². The SMILES string of the molecule is CCOC(=O)C(N=[N+]=[N-])C(OC(C)=O)C(C)C. The predicted octanol–water partition coefficient (Wildman–Crippen LogP) is 1.82. The van der Waals surface area contributed by atoms with E-state index >= 15 is 0 Å². The molecule has 0 bridgehead atoms. The van der Waals surface area contributed by atoms with Gasteiger partial charge in [-0.05, 0) is 18.4 Å². The molecule has 0 heterocycles. The summed E-state index contributed by atoms with van der Waals surface area (Å²) in [4.78, 5) is 25.1. The first-order valence-corrected chi connectivity index (χ1v) is 5.32. The van der Waals surface area contributed by atoms with Gasteiger partial charge in [0.2, 0.25) is 0 Å². The highest BCUT2D eigenvalue weighted by Gasteiger charge is 2.33. The van der Waals surface area contributed by atoms with Crippen LogP contribution < -0.4 is 0 Å². The molecule has 0 N–H and O–H groups in total. The Morgan fingerprint density at radius 1 is 1.41 bits per heavy atom. The number of esters is 2. The maximum Gasteiger partial charge on any atom is 0.318 e. The maximum atomic E-state index is 11.6. The van der Waals surface area contributed by atoms with Gasteiger partial charge < -0.3 is 9.47 Å². The third-order valence-electron chi connectivity index (χ3n) is 1.97. The number of hydrogen-bond acceptors (Lipinski definition) is 5. The second kappa shape index (κ2) is 7.51. The molecule has 0 spiro atoms. The van der Waals surface area contributed by atoms with Crippen molar-refractivity contribution in [3.63, 3.8) is 0 Å². The zero-order chi connectivity index (χ0) is 13.4. The fourth-order valence-corrected chi connectivity index (χ4v) is 1.29. The first-order valence-electron chi connectivity index (χ1n) is 5.32. The largest absolute Gasteiger partial charge is 0.466 e. The molecular weight excluding hydrogens is 226 g/mol. The average molecular weight is 243 g/mol. The second-order valence-corrected chi connectivity index (χ2v) is 3.72. The zero-order valence-corrected chi connectivity index (χ0v) is 10.4. The van der Waals surface area contributed by atoms with Crippen molar-refractivity contribution < 1.29 is 19.1 Å². The van der Waals surface area contributed by atoms with Crippen molar-refractivity contribution >= 4 is 11.9 Å². The van der Waals surface area contributed by atoms with Crippen molar-refractivity contribution in [3.05, 3.63) is 10.4 Å². The standard InChI is InChI=1S/C10H17N3O4/c1-5-16-10(15)8(12-13-11)9(6(2)3)17-7(4)14/h6,8-9H,5H2,1-4H3. The van der Waals surface area contributed by atoms with E-state index in [4.69, 9.17) is 15.0 Å². The van der Waals surface area contributed by atoms with Crippen LogP contribution in [-0.4, -0.2) is 30.7 Å². The molecule has 7 nitrogen and oxygen atoms in total. The highest BCUT2D eigenvalue weighted by molar-refractivity contribution is 5.77. The Kier molecular flexibility index (Phi) is 6.74. The molecule has 0 aromatic heterocycles. The number of rotatable bonds is 6. The van der Waals surface area contributed by atoms with Crippen LogP contribution >= 0.6 is 0 Å². The Morgan fingerprint density at radius 3 is 2.35 bits per heavy atom. The number of nitrogens with zero attached hydrogens (tertiary/aromatic N) is 3. The highest BCUT2D eigenvalue weighted by Crippen LogP contribution is 2.16. The first-order chi connectivity index (χ1) is 7.93. The van der Waals surface area contributed by atoms with Crippen molar-refractivity contribution in [3.8, 4) is 0 Å². The summed E-state index contributed by atoms with van der Waals surface area (Å²) in [5.41, 5.74) is 8.43. The van der Waals surface area contributed by atoms with Gasteiger partial charge >= 0.3 is 11.9 Å². The minimum absolute atomic E-state index is 0.168. The molecule has 96 valence electrons. The van der Waals surface area contributed by atoms with Gasteiger partial charge in [0.25, 0.3) is 0 Å². The third-order valence-corrected chi connectivity index (χ3v) is 1.97. The van der Waals surface area contributed by atoms with Gasteiger partial charge in [0.05, 0.1) is 6.61 Å². The molecule has 0 rings (SSSR count). The maximum absolute atomic E-state index is 11.6. The molecule has 17 heavy (non-hydrogen) atoms. The minimum Gasteiger partial charge on any atom is -0.466 e. The van der Waals surface area contributed by atoms with Crippen molar-refractivity contribution in [2.45, 2.75) is 39.8 Å². The van der Waals surface area contributed by atoms with E-state index in [1.807, 2.05) is 0 Å². The van der Waals surface area contributed by atoms with Crippen LogP contribution in [-0.2, 0) is 19.1 Å². The molecule has 0 radical (unpaired) electrons. The predicted molar refractivity (Wildman–Crippen MR) is 60.0 cm³/mol. The fraction of sp³-hybridized carbons (Fsp3) is 0.800. The Labute approximate surface area is 99.7 Å². The minimum atomic E-state index is -1.15. The smallest absolute Gasteiger partial charge is 0.318 e. The van der Waals surface area contributed by atoms with E-state index in [9.17, 15) is 9.59 Å². The zero-order valence-electron chi connectivity index (χ0n) is 10.4. The Morgan fingerprint density at radius 2 is 2.00 bits per heavy atom. The summed E-state index contributed by atoms with van der Waals surface area (Å²) >= 11 is 0. The lowest BCUT2D eigenvalue weighted by atomic mass is 10.00. The van der Waals surface area contributed by atoms with Gasteiger partial charge in [-0.25, -0.2) is 0 Å². The summed E-state index contributed by atoms with van der Waals surface area (Å²) in [7, 11) is 0. The monoisotopic (exact) mass is 243 g/mol. The van der Waals surface area contributed by atoms with Crippen molar-refractivity contribution in [1.29, 1.82) is 0 Å². The molecule has 0 saturated carbocycles. The summed E-state index contributed by atoms with van der Waals surface area (Å²) in [6, 6.07) is -1.15. The molecule has 0 aromatic rings. The van der Waals surface area contributed by atoms with Crippen LogP contribution in [0.25, 0.3) is 10.4 Å². The normalized spacial score (nSPS) is 13.5. The van der Waals surface area contributed by atoms with Gasteiger partial charge in [-0.1, -0.05) is 19.0 Å². The third kappa shape index (κ3) is 5.21. The van der Waals surface area contributed by atoms with Gasteiger partial charge in [-0.2, -0.15) is 0 Å². The van der Waals surface area contributed by atoms with Gasteiger partial charge in [-0.3, -0.25) is 9.59 Å². The first kappa shape index (κ1) is 15.2. The number of carbonyl (C=O) groups is 2. The molecule has 0 aromatic carbocycles. The lowest BCUT2D eigenvalue weighted by molar-refractivity contribution is -0.157. The average Bonchev–Trinajstić information content (AvgIpc) is 2.22. The van der Waals surface area contributed by atoms with Crippen molar-refractivity contribution in [2.24, 2.45) is 11.0 Å². The Hall–Kier alpha value is -1.75. The molecule has 0 aliphatic heterocycles. The molecule has 0 aliphatic rings. The lowest BCUT2D eigenvalue weighted by Gasteiger charge is -2.24. The van der Waals surface area contributed by atoms with Crippen LogP contribution in [0.4, 0.5) is 0 Å². The summed E-state index contributed by atoms with van der Waals surface area (Å²) < 4.78 is 9.76. The molecule has 2 unspecified atom stereocenters. The summed E-state index contributed by atoms with van der Waals surface area (Å²) in [5, 5.41) is 3.35. The van der Waals surface area contributed by atoms with Gasteiger partial charge in [0, 0.05) is 11.8 Å².